The first kappa shape index (κ1) is 35.8. The highest BCUT2D eigenvalue weighted by atomic mass is 16.7. The second kappa shape index (κ2) is 14.8. The number of carbonyl (C=O) groups excluding carboxylic acids is 1. The van der Waals surface area contributed by atoms with Crippen LogP contribution < -0.4 is 39.3 Å². The Bertz CT molecular complexity index is 1080. The summed E-state index contributed by atoms with van der Waals surface area (Å²) in [5, 5.41) is 50.7. The van der Waals surface area contributed by atoms with E-state index in [9.17, 15) is 25.2 Å². The highest BCUT2D eigenvalue weighted by Crippen LogP contribution is 2.43. The Morgan fingerprint density at radius 2 is 1.87 bits per heavy atom. The Morgan fingerprint density at radius 3 is 2.51 bits per heavy atom. The molecule has 1 saturated heterocycles. The van der Waals surface area contributed by atoms with Gasteiger partial charge in [0.1, 0.15) is 35.3 Å². The Morgan fingerprint density at radius 1 is 1.16 bits per heavy atom. The second-order valence-corrected chi connectivity index (χ2v) is 12.8. The largest absolute Gasteiger partial charge is 0.467 e. The van der Waals surface area contributed by atoms with E-state index in [4.69, 9.17) is 47.6 Å². The van der Waals surface area contributed by atoms with Crippen LogP contribution in [0, 0.1) is 5.92 Å². The van der Waals surface area contributed by atoms with Crippen molar-refractivity contribution in [3.05, 3.63) is 11.8 Å². The predicted molar refractivity (Wildman–Crippen MR) is 162 cm³/mol. The van der Waals surface area contributed by atoms with Gasteiger partial charge in [0.05, 0.1) is 37.4 Å². The highest BCUT2D eigenvalue weighted by Gasteiger charge is 2.60. The molecular formula is C28H52N8O9. The minimum absolute atomic E-state index is 0.0558. The first-order valence-corrected chi connectivity index (χ1v) is 15.5. The number of ether oxygens (including phenoxy) is 4. The van der Waals surface area contributed by atoms with Crippen LogP contribution in [0.3, 0.4) is 0 Å². The number of rotatable bonds is 14. The molecule has 0 radical (unpaired) electrons. The fraction of sp³-hybridized carbons (Fsp3) is 0.857. The molecule has 2 heterocycles. The average Bonchev–Trinajstić information content (AvgIpc) is 3.64. The van der Waals surface area contributed by atoms with Gasteiger partial charge in [-0.25, -0.2) is 4.99 Å². The molecule has 2 aliphatic heterocycles. The molecule has 0 bridgehead atoms. The Hall–Kier alpha value is -2.00. The molecular weight excluding hydrogens is 592 g/mol. The molecule has 13 atom stereocenters. The highest BCUT2D eigenvalue weighted by molar-refractivity contribution is 5.92. The number of aliphatic hydroxyl groups excluding tert-OH is 2. The van der Waals surface area contributed by atoms with Crippen molar-refractivity contribution >= 4 is 11.7 Å². The first-order chi connectivity index (χ1) is 21.2. The number of nitrogens with zero attached hydrogens (tertiary/aromatic N) is 1. The van der Waals surface area contributed by atoms with Crippen molar-refractivity contribution in [1.82, 2.24) is 10.6 Å². The minimum Gasteiger partial charge on any atom is -0.467 e. The average molecular weight is 645 g/mol. The summed E-state index contributed by atoms with van der Waals surface area (Å²) < 4.78 is 24.3. The number of ketones is 1. The van der Waals surface area contributed by atoms with Gasteiger partial charge in [-0.3, -0.25) is 4.79 Å². The second-order valence-electron chi connectivity index (χ2n) is 12.8. The van der Waals surface area contributed by atoms with E-state index in [1.54, 1.807) is 7.05 Å². The fourth-order valence-electron chi connectivity index (χ4n) is 6.54. The molecule has 2 aliphatic carbocycles. The summed E-state index contributed by atoms with van der Waals surface area (Å²) in [4.78, 5) is 17.2. The van der Waals surface area contributed by atoms with Gasteiger partial charge in [-0.1, -0.05) is 0 Å². The van der Waals surface area contributed by atoms with Gasteiger partial charge in [-0.15, -0.1) is 0 Å². The van der Waals surface area contributed by atoms with Crippen LogP contribution in [0.1, 0.15) is 39.0 Å². The van der Waals surface area contributed by atoms with Gasteiger partial charge in [0.2, 0.25) is 6.29 Å². The van der Waals surface area contributed by atoms with Crippen LogP contribution in [-0.2, 0) is 23.7 Å². The standard InChI is InChI=1S/C28H52N8O9/c1-27(40)12-42-25(20(39)23(27)34-2)44-21-13(9-18(37)28(41)10-17(28)36-26(32)33)8-15(31)22(19(21)38)45-24-16(35-7-3-6-29)5-4-14(11-30)43-24/h4,13,15-17,19-25,34-35,38-41H,3,5-12,29-31H2,1-2H3,(H4,32,33,36)/t13-,15-,16+,17?,19+,20+,21-,22?,23+,24+,25+,27-,28?/m0/s1. The maximum Gasteiger partial charge on any atom is 0.215 e. The molecule has 0 aromatic heterocycles. The van der Waals surface area contributed by atoms with E-state index in [-0.39, 0.29) is 44.4 Å². The Kier molecular flexibility index (Phi) is 11.8. The van der Waals surface area contributed by atoms with E-state index < -0.39 is 78.0 Å². The van der Waals surface area contributed by atoms with E-state index in [1.807, 2.05) is 6.08 Å². The molecule has 2 saturated carbocycles. The number of hydrogen-bond donors (Lipinski definition) is 11. The molecule has 4 aliphatic rings. The number of likely N-dealkylation sites (N-methyl/N-ethyl adjacent to an activating group) is 1. The van der Waals surface area contributed by atoms with E-state index >= 15 is 0 Å². The normalized spacial score (nSPS) is 43.2. The number of Topliss-reactive ketones (excluding diaryl/α,β-unsaturated/α-hetero) is 1. The van der Waals surface area contributed by atoms with Gasteiger partial charge in [0, 0.05) is 18.9 Å². The summed E-state index contributed by atoms with van der Waals surface area (Å²) in [5.74, 6) is -0.965. The molecule has 3 fully saturated rings. The van der Waals surface area contributed by atoms with Crippen LogP contribution >= 0.6 is 0 Å². The van der Waals surface area contributed by atoms with Crippen LogP contribution in [-0.4, -0.2) is 138 Å². The van der Waals surface area contributed by atoms with Crippen LogP contribution in [0.5, 0.6) is 0 Å². The first-order valence-electron chi connectivity index (χ1n) is 15.5. The van der Waals surface area contributed by atoms with Gasteiger partial charge in [-0.05, 0) is 58.3 Å². The fourth-order valence-corrected chi connectivity index (χ4v) is 6.54. The van der Waals surface area contributed by atoms with E-state index in [1.165, 1.54) is 6.92 Å². The number of aliphatic hydroxyl groups is 4. The molecule has 0 spiro atoms. The van der Waals surface area contributed by atoms with Gasteiger partial charge in [-0.2, -0.15) is 0 Å². The van der Waals surface area contributed by atoms with Crippen molar-refractivity contribution < 1.29 is 44.2 Å². The van der Waals surface area contributed by atoms with Gasteiger partial charge in [0.15, 0.2) is 18.0 Å². The van der Waals surface area contributed by atoms with Gasteiger partial charge < -0.3 is 78.7 Å². The molecule has 3 unspecified atom stereocenters. The van der Waals surface area contributed by atoms with E-state index in [2.05, 4.69) is 15.6 Å². The third-order valence-electron chi connectivity index (χ3n) is 9.17. The van der Waals surface area contributed by atoms with Gasteiger partial charge >= 0.3 is 0 Å². The van der Waals surface area contributed by atoms with E-state index in [0.717, 1.165) is 6.42 Å². The van der Waals surface area contributed by atoms with Crippen molar-refractivity contribution in [3.63, 3.8) is 0 Å². The number of carbonyl (C=O) groups is 1. The summed E-state index contributed by atoms with van der Waals surface area (Å²) in [6.07, 6.45) is -3.92. The summed E-state index contributed by atoms with van der Waals surface area (Å²) in [6, 6.07) is -2.66. The zero-order valence-electron chi connectivity index (χ0n) is 26.0. The zero-order valence-corrected chi connectivity index (χ0v) is 26.0. The molecule has 0 aromatic carbocycles. The van der Waals surface area contributed by atoms with Crippen molar-refractivity contribution in [2.24, 2.45) is 39.6 Å². The summed E-state index contributed by atoms with van der Waals surface area (Å²) in [7, 11) is 1.58. The molecule has 17 heteroatoms. The number of nitrogens with one attached hydrogen (secondary N) is 2. The summed E-state index contributed by atoms with van der Waals surface area (Å²) in [5.41, 5.74) is 25.8. The van der Waals surface area contributed by atoms with Gasteiger partial charge in [0.25, 0.3) is 0 Å². The van der Waals surface area contributed by atoms with Crippen molar-refractivity contribution in [2.45, 2.75) is 111 Å². The van der Waals surface area contributed by atoms with Crippen LogP contribution in [0.15, 0.2) is 16.8 Å². The third kappa shape index (κ3) is 8.11. The monoisotopic (exact) mass is 644 g/mol. The lowest BCUT2D eigenvalue weighted by molar-refractivity contribution is -0.308. The van der Waals surface area contributed by atoms with Crippen molar-refractivity contribution in [3.8, 4) is 0 Å². The summed E-state index contributed by atoms with van der Waals surface area (Å²) >= 11 is 0. The smallest absolute Gasteiger partial charge is 0.215 e. The molecule has 0 amide bonds. The van der Waals surface area contributed by atoms with E-state index in [0.29, 0.717) is 25.3 Å². The quantitative estimate of drug-likeness (QED) is 0.0480. The lowest BCUT2D eigenvalue weighted by atomic mass is 9.76. The molecule has 258 valence electrons. The number of hydrogen-bond acceptors (Lipinski definition) is 15. The number of nitrogens with two attached hydrogens (primary N) is 5. The van der Waals surface area contributed by atoms with Crippen LogP contribution in [0.4, 0.5) is 0 Å². The third-order valence-corrected chi connectivity index (χ3v) is 9.17. The topological polar surface area (TPSA) is 301 Å². The maximum atomic E-state index is 13.3. The Labute approximate surface area is 262 Å². The van der Waals surface area contributed by atoms with Crippen LogP contribution in [0.25, 0.3) is 0 Å². The Balaban J connectivity index is 1.56. The minimum atomic E-state index is -1.75. The van der Waals surface area contributed by atoms with Crippen molar-refractivity contribution in [2.75, 3.05) is 33.3 Å². The van der Waals surface area contributed by atoms with Crippen LogP contribution in [0.2, 0.25) is 0 Å². The lowest BCUT2D eigenvalue weighted by Crippen LogP contribution is -2.67. The number of guanidine groups is 1. The van der Waals surface area contributed by atoms with Crippen molar-refractivity contribution in [1.29, 1.82) is 0 Å². The predicted octanol–water partition coefficient (Wildman–Crippen LogP) is -4.85. The number of aliphatic imine (C=N–C) groups is 1. The molecule has 17 nitrogen and oxygen atoms in total. The molecule has 0 aromatic rings. The molecule has 4 rings (SSSR count). The molecule has 45 heavy (non-hydrogen) atoms. The molecule has 16 N–H and O–H groups in total. The maximum absolute atomic E-state index is 13.3. The SMILES string of the molecule is CN[C@@H]1[C@@H](O)[C@@H](O[C@H]2[C@H](CC(=O)C3(O)CC3N=C(N)N)C[C@H](N)C(O[C@H]3OC(CN)=CC[C@H]3NCCCN)[C@@H]2O)OC[C@]1(C)O. The lowest BCUT2D eigenvalue weighted by Gasteiger charge is -2.49. The zero-order chi connectivity index (χ0) is 33.1. The summed E-state index contributed by atoms with van der Waals surface area (Å²) in [6.45, 7) is 2.61.